The van der Waals surface area contributed by atoms with Crippen LogP contribution in [0.2, 0.25) is 0 Å². The van der Waals surface area contributed by atoms with E-state index in [9.17, 15) is 20.1 Å². The van der Waals surface area contributed by atoms with Gasteiger partial charge in [0.1, 0.15) is 5.78 Å². The molecule has 1 unspecified atom stereocenters. The first kappa shape index (κ1) is 16.4. The zero-order chi connectivity index (χ0) is 18.2. The lowest BCUT2D eigenvalue weighted by molar-refractivity contribution is -0.137. The number of carbonyl (C=O) groups excluding carboxylic acids is 1. The van der Waals surface area contributed by atoms with Gasteiger partial charge in [-0.25, -0.2) is 0 Å². The van der Waals surface area contributed by atoms with E-state index in [-0.39, 0.29) is 35.2 Å². The van der Waals surface area contributed by atoms with Crippen molar-refractivity contribution < 1.29 is 20.1 Å². The fraction of sp³-hybridized carbons (Fsp3) is 0.667. The number of hydrogen-bond acceptors (Lipinski definition) is 5. The zero-order valence-corrected chi connectivity index (χ0v) is 15.2. The smallest absolute Gasteiger partial charge is 0.200 e. The average Bonchev–Trinajstić information content (AvgIpc) is 3.44. The normalized spacial score (nSPS) is 35.7. The number of nitrogens with one attached hydrogen (secondary N) is 1. The topological polar surface area (TPSA) is 89.8 Å². The molecule has 4 atom stereocenters. The predicted octanol–water partition coefficient (Wildman–Crippen LogP) is 2.53. The van der Waals surface area contributed by atoms with Gasteiger partial charge in [0.25, 0.3) is 0 Å². The van der Waals surface area contributed by atoms with E-state index in [1.807, 2.05) is 6.92 Å². The molecule has 2 saturated carbocycles. The molecule has 4 aliphatic rings. The summed E-state index contributed by atoms with van der Waals surface area (Å²) in [6.07, 6.45) is 6.17. The number of fused-ring (bicyclic) bond motifs is 1. The fourth-order valence-electron chi connectivity index (χ4n) is 6.11. The summed E-state index contributed by atoms with van der Waals surface area (Å²) >= 11 is 0. The quantitative estimate of drug-likeness (QED) is 0.611. The Labute approximate surface area is 153 Å². The van der Waals surface area contributed by atoms with Crippen LogP contribution in [0.15, 0.2) is 0 Å². The molecule has 1 aliphatic heterocycles. The molecule has 3 aliphatic carbocycles. The van der Waals surface area contributed by atoms with Crippen molar-refractivity contribution in [3.63, 3.8) is 0 Å². The average molecular weight is 357 g/mol. The number of carbonyl (C=O) groups is 1. The molecule has 5 heteroatoms. The number of ketones is 1. The summed E-state index contributed by atoms with van der Waals surface area (Å²) in [6, 6.07) is 0.149. The van der Waals surface area contributed by atoms with Crippen LogP contribution < -0.4 is 5.32 Å². The van der Waals surface area contributed by atoms with Crippen molar-refractivity contribution in [2.45, 2.75) is 63.3 Å². The van der Waals surface area contributed by atoms with Crippen LogP contribution in [-0.4, -0.2) is 33.7 Å². The standard InChI is InChI=1S/C21H27NO4/c1-10-2-5-14-15-9-13-16(21(14,20(10)26)6-7-22-15)12(8-11-3-4-11)17(23)19(25)18(13)24/h10-11,14-15,22-25H,2-9H2,1H3/t10?,14-,15+,21-/m0/s1. The van der Waals surface area contributed by atoms with Crippen LogP contribution in [0.3, 0.4) is 0 Å². The van der Waals surface area contributed by atoms with Crippen LogP contribution in [0.5, 0.6) is 17.2 Å². The number of benzene rings is 1. The molecule has 0 amide bonds. The Hall–Kier alpha value is -1.75. The first-order chi connectivity index (χ1) is 12.4. The third-order valence-corrected chi connectivity index (χ3v) is 7.53. The van der Waals surface area contributed by atoms with E-state index in [0.717, 1.165) is 43.4 Å². The van der Waals surface area contributed by atoms with Gasteiger partial charge in [0.15, 0.2) is 11.5 Å². The second kappa shape index (κ2) is 5.38. The first-order valence-electron chi connectivity index (χ1n) is 10.0. The minimum Gasteiger partial charge on any atom is -0.504 e. The van der Waals surface area contributed by atoms with Gasteiger partial charge in [-0.15, -0.1) is 0 Å². The van der Waals surface area contributed by atoms with E-state index in [2.05, 4.69) is 5.32 Å². The number of hydrogen-bond donors (Lipinski definition) is 4. The molecule has 26 heavy (non-hydrogen) atoms. The number of Topliss-reactive ketones (excluding diaryl/α,β-unsaturated/α-hetero) is 1. The SMILES string of the molecule is CC1CC[C@H]2[C@H]3Cc4c(O)c(O)c(O)c(CC5CC5)c4[C@@]2(CCN3)C1=O. The second-order valence-corrected chi connectivity index (χ2v) is 8.96. The summed E-state index contributed by atoms with van der Waals surface area (Å²) in [4.78, 5) is 13.6. The van der Waals surface area contributed by atoms with Crippen molar-refractivity contribution in [2.24, 2.45) is 17.8 Å². The van der Waals surface area contributed by atoms with Gasteiger partial charge < -0.3 is 20.6 Å². The van der Waals surface area contributed by atoms with Crippen LogP contribution in [0.25, 0.3) is 0 Å². The summed E-state index contributed by atoms with van der Waals surface area (Å²) in [5, 5.41) is 35.2. The van der Waals surface area contributed by atoms with Gasteiger partial charge in [-0.1, -0.05) is 6.92 Å². The lowest BCUT2D eigenvalue weighted by Crippen LogP contribution is -2.64. The van der Waals surface area contributed by atoms with E-state index in [1.165, 1.54) is 0 Å². The van der Waals surface area contributed by atoms with E-state index in [1.54, 1.807) is 0 Å². The maximum atomic E-state index is 13.6. The molecular weight excluding hydrogens is 330 g/mol. The van der Waals surface area contributed by atoms with Gasteiger partial charge in [-0.2, -0.15) is 0 Å². The summed E-state index contributed by atoms with van der Waals surface area (Å²) in [7, 11) is 0. The van der Waals surface area contributed by atoms with Gasteiger partial charge in [0.2, 0.25) is 5.75 Å². The lowest BCUT2D eigenvalue weighted by Gasteiger charge is -2.56. The molecule has 1 saturated heterocycles. The van der Waals surface area contributed by atoms with Crippen molar-refractivity contribution in [2.75, 3.05) is 6.54 Å². The number of aromatic hydroxyl groups is 3. The van der Waals surface area contributed by atoms with Gasteiger partial charge in [-0.05, 0) is 68.9 Å². The van der Waals surface area contributed by atoms with Crippen LogP contribution in [0, 0.1) is 17.8 Å². The molecule has 0 spiro atoms. The van der Waals surface area contributed by atoms with Gasteiger partial charge in [-0.3, -0.25) is 4.79 Å². The largest absolute Gasteiger partial charge is 0.504 e. The van der Waals surface area contributed by atoms with Crippen molar-refractivity contribution in [3.05, 3.63) is 16.7 Å². The number of piperidine rings is 1. The highest BCUT2D eigenvalue weighted by Gasteiger charge is 2.59. The maximum absolute atomic E-state index is 13.6. The Kier molecular flexibility index (Phi) is 3.40. The second-order valence-electron chi connectivity index (χ2n) is 8.96. The molecule has 1 aromatic carbocycles. The molecule has 140 valence electrons. The molecule has 5 rings (SSSR count). The Bertz CT molecular complexity index is 800. The van der Waals surface area contributed by atoms with Crippen LogP contribution in [-0.2, 0) is 23.1 Å². The summed E-state index contributed by atoms with van der Waals surface area (Å²) in [5.41, 5.74) is 1.67. The molecule has 4 N–H and O–H groups in total. The minimum absolute atomic E-state index is 0.00261. The molecule has 0 radical (unpaired) electrons. The Morgan fingerprint density at radius 2 is 1.85 bits per heavy atom. The summed E-state index contributed by atoms with van der Waals surface area (Å²) in [6.45, 7) is 2.80. The maximum Gasteiger partial charge on any atom is 0.200 e. The highest BCUT2D eigenvalue weighted by molar-refractivity contribution is 5.95. The molecule has 1 aromatic rings. The summed E-state index contributed by atoms with van der Waals surface area (Å²) < 4.78 is 0. The minimum atomic E-state index is -0.617. The van der Waals surface area contributed by atoms with Gasteiger partial charge in [0.05, 0.1) is 5.41 Å². The lowest BCUT2D eigenvalue weighted by atomic mass is 9.49. The third-order valence-electron chi connectivity index (χ3n) is 7.53. The molecule has 3 fully saturated rings. The highest BCUT2D eigenvalue weighted by Crippen LogP contribution is 2.59. The third kappa shape index (κ3) is 1.98. The van der Waals surface area contributed by atoms with E-state index < -0.39 is 11.2 Å². The Balaban J connectivity index is 1.81. The van der Waals surface area contributed by atoms with E-state index >= 15 is 0 Å². The van der Waals surface area contributed by atoms with Crippen LogP contribution >= 0.6 is 0 Å². The monoisotopic (exact) mass is 357 g/mol. The van der Waals surface area contributed by atoms with Crippen LogP contribution in [0.4, 0.5) is 0 Å². The molecule has 0 aromatic heterocycles. The first-order valence-corrected chi connectivity index (χ1v) is 10.0. The van der Waals surface area contributed by atoms with Crippen molar-refractivity contribution >= 4 is 5.78 Å². The highest BCUT2D eigenvalue weighted by atomic mass is 16.3. The fourth-order valence-corrected chi connectivity index (χ4v) is 6.11. The zero-order valence-electron chi connectivity index (χ0n) is 15.2. The van der Waals surface area contributed by atoms with Crippen molar-refractivity contribution in [3.8, 4) is 17.2 Å². The van der Waals surface area contributed by atoms with E-state index in [4.69, 9.17) is 0 Å². The van der Waals surface area contributed by atoms with Crippen molar-refractivity contribution in [1.82, 2.24) is 5.32 Å². The molecule has 2 bridgehead atoms. The number of phenolic OH excluding ortho intramolecular Hbond substituents is 3. The summed E-state index contributed by atoms with van der Waals surface area (Å²) in [5.74, 6) is 0.154. The number of phenols is 3. The molecule has 1 heterocycles. The predicted molar refractivity (Wildman–Crippen MR) is 96.5 cm³/mol. The van der Waals surface area contributed by atoms with Gasteiger partial charge >= 0.3 is 0 Å². The van der Waals surface area contributed by atoms with Crippen molar-refractivity contribution in [1.29, 1.82) is 0 Å². The number of rotatable bonds is 2. The molecular formula is C21H27NO4. The Morgan fingerprint density at radius 1 is 1.08 bits per heavy atom. The van der Waals surface area contributed by atoms with Crippen LogP contribution in [0.1, 0.15) is 55.7 Å². The molecule has 5 nitrogen and oxygen atoms in total. The van der Waals surface area contributed by atoms with Gasteiger partial charge in [0, 0.05) is 23.1 Å². The Morgan fingerprint density at radius 3 is 2.58 bits per heavy atom. The van der Waals surface area contributed by atoms with E-state index in [0.29, 0.717) is 30.7 Å².